The van der Waals surface area contributed by atoms with Crippen molar-refractivity contribution in [2.45, 2.75) is 57.0 Å². The summed E-state index contributed by atoms with van der Waals surface area (Å²) in [5.41, 5.74) is 3.69. The Labute approximate surface area is 287 Å². The molecule has 5 heterocycles. The molecule has 13 heteroatoms. The largest absolute Gasteiger partial charge is 0.481 e. The number of pyridine rings is 2. The first-order valence-corrected chi connectivity index (χ1v) is 16.5. The number of halogens is 2. The average Bonchev–Trinajstić information content (AvgIpc) is 3.45. The maximum absolute atomic E-state index is 13.3. The lowest BCUT2D eigenvalue weighted by atomic mass is 9.77. The van der Waals surface area contributed by atoms with E-state index in [1.54, 1.807) is 44.1 Å². The summed E-state index contributed by atoms with van der Waals surface area (Å²) in [4.78, 5) is 24.7. The first-order valence-electron chi connectivity index (χ1n) is 15.8. The van der Waals surface area contributed by atoms with Crippen molar-refractivity contribution in [1.29, 1.82) is 0 Å². The third-order valence-corrected chi connectivity index (χ3v) is 10.0. The summed E-state index contributed by atoms with van der Waals surface area (Å²) < 4.78 is 8.74. The van der Waals surface area contributed by atoms with Gasteiger partial charge in [0.15, 0.2) is 0 Å². The molecule has 1 aliphatic carbocycles. The number of ether oxygens (including phenoxy) is 1. The molecule has 0 spiro atoms. The lowest BCUT2D eigenvalue weighted by Gasteiger charge is -2.44. The standard InChI is InChI=1S/C35H37Cl2N7O4/c1-34(46)13-22(14-34)39-15-20-8-9-26(40-32(20)48-4)25-7-5-6-23(29(25)36)24-10-11-38-31(30(24)37)21-12-27-33(45)42(3)28(41-44(27)16-21)17-43-18-35(2,47)19-43/h5-12,16,22,39,46-47H,13-15,17-19H2,1-4H3/t22-,34-. The van der Waals surface area contributed by atoms with Crippen LogP contribution in [0.5, 0.6) is 5.88 Å². The normalized spacial score (nSPS) is 20.5. The summed E-state index contributed by atoms with van der Waals surface area (Å²) in [7, 11) is 3.29. The van der Waals surface area contributed by atoms with Crippen molar-refractivity contribution >= 4 is 28.7 Å². The van der Waals surface area contributed by atoms with Crippen LogP contribution in [0.3, 0.4) is 0 Å². The van der Waals surface area contributed by atoms with E-state index in [0.717, 1.165) is 11.1 Å². The molecule has 3 N–H and O–H groups in total. The van der Waals surface area contributed by atoms with E-state index in [-0.39, 0.29) is 11.6 Å². The summed E-state index contributed by atoms with van der Waals surface area (Å²) in [6, 6.07) is 13.4. The molecule has 0 amide bonds. The Morgan fingerprint density at radius 3 is 2.46 bits per heavy atom. The molecule has 2 aliphatic rings. The van der Waals surface area contributed by atoms with Gasteiger partial charge in [-0.1, -0.05) is 47.5 Å². The fraction of sp³-hybridized carbons (Fsp3) is 0.371. The molecule has 5 aromatic rings. The zero-order chi connectivity index (χ0) is 34.0. The van der Waals surface area contributed by atoms with E-state index >= 15 is 0 Å². The van der Waals surface area contributed by atoms with Crippen LogP contribution in [0.25, 0.3) is 39.2 Å². The van der Waals surface area contributed by atoms with Crippen molar-refractivity contribution in [1.82, 2.24) is 34.4 Å². The van der Waals surface area contributed by atoms with Crippen LogP contribution >= 0.6 is 23.2 Å². The van der Waals surface area contributed by atoms with Gasteiger partial charge in [0.2, 0.25) is 5.88 Å². The number of benzene rings is 1. The Morgan fingerprint density at radius 1 is 1.02 bits per heavy atom. The van der Waals surface area contributed by atoms with Gasteiger partial charge in [-0.3, -0.25) is 19.2 Å². The molecule has 1 aliphatic heterocycles. The molecule has 0 unspecified atom stereocenters. The third kappa shape index (κ3) is 6.11. The van der Waals surface area contributed by atoms with Crippen LogP contribution in [0.1, 0.15) is 38.1 Å². The Hall–Kier alpha value is -3.84. The fourth-order valence-electron chi connectivity index (χ4n) is 6.79. The lowest BCUT2D eigenvalue weighted by Crippen LogP contribution is -2.59. The number of aliphatic hydroxyl groups is 2. The molecule has 4 aromatic heterocycles. The molecule has 0 atom stereocenters. The molecule has 0 bridgehead atoms. The van der Waals surface area contributed by atoms with Crippen molar-refractivity contribution in [2.75, 3.05) is 20.2 Å². The van der Waals surface area contributed by atoms with Crippen LogP contribution < -0.4 is 15.6 Å². The molecule has 1 aromatic carbocycles. The van der Waals surface area contributed by atoms with Crippen LogP contribution in [-0.4, -0.2) is 76.7 Å². The van der Waals surface area contributed by atoms with E-state index in [2.05, 4.69) is 10.3 Å². The molecule has 0 radical (unpaired) electrons. The number of β-amino-alcohol motifs (C(OH)–C–C–N with tert-alkyl or cyclic N) is 1. The second kappa shape index (κ2) is 12.2. The summed E-state index contributed by atoms with van der Waals surface area (Å²) >= 11 is 14.1. The second-order valence-electron chi connectivity index (χ2n) is 13.5. The van der Waals surface area contributed by atoms with E-state index in [9.17, 15) is 15.0 Å². The number of likely N-dealkylation sites (tertiary alicyclic amines) is 1. The maximum Gasteiger partial charge on any atom is 0.277 e. The van der Waals surface area contributed by atoms with Crippen molar-refractivity contribution < 1.29 is 14.9 Å². The van der Waals surface area contributed by atoms with Gasteiger partial charge < -0.3 is 20.3 Å². The van der Waals surface area contributed by atoms with Gasteiger partial charge in [0, 0.05) is 72.9 Å². The Balaban J connectivity index is 1.18. The predicted octanol–water partition coefficient (Wildman–Crippen LogP) is 4.71. The van der Waals surface area contributed by atoms with Gasteiger partial charge in [-0.2, -0.15) is 5.10 Å². The number of fused-ring (bicyclic) bond motifs is 1. The first kappa shape index (κ1) is 32.7. The number of nitrogens with zero attached hydrogens (tertiary/aromatic N) is 6. The molecule has 48 heavy (non-hydrogen) atoms. The van der Waals surface area contributed by atoms with E-state index in [1.807, 2.05) is 48.2 Å². The van der Waals surface area contributed by atoms with Gasteiger partial charge in [0.05, 0.1) is 46.3 Å². The molecule has 11 nitrogen and oxygen atoms in total. The van der Waals surface area contributed by atoms with E-state index < -0.39 is 11.2 Å². The Morgan fingerprint density at radius 2 is 1.75 bits per heavy atom. The fourth-order valence-corrected chi connectivity index (χ4v) is 7.44. The van der Waals surface area contributed by atoms with Gasteiger partial charge in [-0.05, 0) is 44.9 Å². The van der Waals surface area contributed by atoms with Gasteiger partial charge in [-0.15, -0.1) is 0 Å². The number of aromatic nitrogens is 5. The van der Waals surface area contributed by atoms with Crippen LogP contribution in [0.4, 0.5) is 0 Å². The zero-order valence-corrected chi connectivity index (χ0v) is 28.7. The van der Waals surface area contributed by atoms with Gasteiger partial charge >= 0.3 is 0 Å². The summed E-state index contributed by atoms with van der Waals surface area (Å²) in [6.45, 7) is 5.70. The molecule has 1 saturated heterocycles. The molecule has 1 saturated carbocycles. The van der Waals surface area contributed by atoms with E-state index in [1.165, 1.54) is 4.57 Å². The highest BCUT2D eigenvalue weighted by Gasteiger charge is 2.38. The molecule has 2 fully saturated rings. The van der Waals surface area contributed by atoms with Crippen molar-refractivity contribution in [3.8, 4) is 39.5 Å². The van der Waals surface area contributed by atoms with Gasteiger partial charge in [0.25, 0.3) is 5.56 Å². The Bertz CT molecular complexity index is 2090. The van der Waals surface area contributed by atoms with Crippen LogP contribution in [0.15, 0.2) is 59.7 Å². The quantitative estimate of drug-likeness (QED) is 0.202. The van der Waals surface area contributed by atoms with E-state index in [0.29, 0.717) is 94.4 Å². The number of nitrogens with one attached hydrogen (secondary N) is 1. The van der Waals surface area contributed by atoms with Crippen LogP contribution in [0.2, 0.25) is 10.0 Å². The highest BCUT2D eigenvalue weighted by molar-refractivity contribution is 6.39. The highest BCUT2D eigenvalue weighted by Crippen LogP contribution is 2.42. The maximum atomic E-state index is 13.3. The molecule has 250 valence electrons. The summed E-state index contributed by atoms with van der Waals surface area (Å²) in [5, 5.41) is 29.2. The number of methoxy groups -OCH3 is 1. The van der Waals surface area contributed by atoms with Crippen LogP contribution in [-0.2, 0) is 20.1 Å². The minimum atomic E-state index is -0.717. The molecular weight excluding hydrogens is 653 g/mol. The number of hydrogen-bond donors (Lipinski definition) is 3. The SMILES string of the molecule is COc1nc(-c2cccc(-c3ccnc(-c4cc5c(=O)n(C)c(CN6CC(C)(O)C6)nn5c4)c3Cl)c2Cl)ccc1CN[C@H]1C[C@](C)(O)C1. The smallest absolute Gasteiger partial charge is 0.277 e. The van der Waals surface area contributed by atoms with Crippen molar-refractivity contribution in [2.24, 2.45) is 7.05 Å². The second-order valence-corrected chi connectivity index (χ2v) is 14.3. The first-order chi connectivity index (χ1) is 22.8. The number of hydrogen-bond acceptors (Lipinski definition) is 9. The summed E-state index contributed by atoms with van der Waals surface area (Å²) in [5.74, 6) is 1.08. The van der Waals surface area contributed by atoms with Crippen molar-refractivity contribution in [3.63, 3.8) is 0 Å². The monoisotopic (exact) mass is 689 g/mol. The van der Waals surface area contributed by atoms with Gasteiger partial charge in [0.1, 0.15) is 11.3 Å². The zero-order valence-electron chi connectivity index (χ0n) is 27.2. The molecular formula is C35H37Cl2N7O4. The third-order valence-electron chi connectivity index (χ3n) is 9.24. The topological polar surface area (TPSA) is 130 Å². The highest BCUT2D eigenvalue weighted by atomic mass is 35.5. The van der Waals surface area contributed by atoms with E-state index in [4.69, 9.17) is 38.0 Å². The number of rotatable bonds is 9. The minimum absolute atomic E-state index is 0.192. The van der Waals surface area contributed by atoms with Crippen molar-refractivity contribution in [3.05, 3.63) is 86.6 Å². The van der Waals surface area contributed by atoms with Crippen LogP contribution in [0, 0.1) is 0 Å². The lowest BCUT2D eigenvalue weighted by molar-refractivity contribution is -0.0885. The summed E-state index contributed by atoms with van der Waals surface area (Å²) in [6.07, 6.45) is 4.84. The molecule has 7 rings (SSSR count). The average molecular weight is 691 g/mol. The van der Waals surface area contributed by atoms with Gasteiger partial charge in [-0.25, -0.2) is 9.50 Å². The minimum Gasteiger partial charge on any atom is -0.481 e. The predicted molar refractivity (Wildman–Crippen MR) is 185 cm³/mol. The Kier molecular flexibility index (Phi) is 8.34.